The maximum Gasteiger partial charge on any atom is 0.238 e. The van der Waals surface area contributed by atoms with Crippen molar-refractivity contribution in [2.24, 2.45) is 0 Å². The number of benzene rings is 2. The summed E-state index contributed by atoms with van der Waals surface area (Å²) in [7, 11) is -2.42. The Hall–Kier alpha value is -2.61. The molecular formula is C21H26FNO5S. The number of carbonyl (C=O) groups is 1. The summed E-state index contributed by atoms with van der Waals surface area (Å²) in [6.45, 7) is 6.85. The molecule has 0 aliphatic carbocycles. The quantitative estimate of drug-likeness (QED) is 0.656. The SMILES string of the molecule is COc1cc(C(C)NC(=O)C(C)S(=O)(=O)c2ccc(F)cc2)ccc1OC(C)C. The van der Waals surface area contributed by atoms with E-state index in [2.05, 4.69) is 5.32 Å². The lowest BCUT2D eigenvalue weighted by Gasteiger charge is -2.20. The smallest absolute Gasteiger partial charge is 0.238 e. The van der Waals surface area contributed by atoms with E-state index in [0.29, 0.717) is 11.5 Å². The molecule has 2 aromatic rings. The van der Waals surface area contributed by atoms with E-state index in [9.17, 15) is 17.6 Å². The maximum absolute atomic E-state index is 13.1. The van der Waals surface area contributed by atoms with Crippen molar-refractivity contribution in [3.05, 3.63) is 53.8 Å². The number of methoxy groups -OCH3 is 1. The predicted molar refractivity (Wildman–Crippen MR) is 108 cm³/mol. The average Bonchev–Trinajstić information content (AvgIpc) is 2.67. The van der Waals surface area contributed by atoms with Crippen molar-refractivity contribution in [2.75, 3.05) is 7.11 Å². The fourth-order valence-electron chi connectivity index (χ4n) is 2.69. The van der Waals surface area contributed by atoms with Gasteiger partial charge in [-0.15, -0.1) is 0 Å². The molecule has 2 atom stereocenters. The maximum atomic E-state index is 13.1. The van der Waals surface area contributed by atoms with Gasteiger partial charge in [-0.05, 0) is 69.7 Å². The van der Waals surface area contributed by atoms with Crippen molar-refractivity contribution < 1.29 is 27.1 Å². The largest absolute Gasteiger partial charge is 0.493 e. The summed E-state index contributed by atoms with van der Waals surface area (Å²) in [5.41, 5.74) is 0.734. The number of halogens is 1. The molecule has 2 aromatic carbocycles. The summed E-state index contributed by atoms with van der Waals surface area (Å²) < 4.78 is 49.3. The Labute approximate surface area is 171 Å². The summed E-state index contributed by atoms with van der Waals surface area (Å²) in [6, 6.07) is 9.20. The van der Waals surface area contributed by atoms with Crippen LogP contribution >= 0.6 is 0 Å². The van der Waals surface area contributed by atoms with Gasteiger partial charge in [0.1, 0.15) is 11.1 Å². The Morgan fingerprint density at radius 3 is 2.17 bits per heavy atom. The van der Waals surface area contributed by atoms with E-state index < -0.39 is 32.9 Å². The van der Waals surface area contributed by atoms with Crippen LogP contribution in [0.5, 0.6) is 11.5 Å². The molecule has 158 valence electrons. The second-order valence-electron chi connectivity index (χ2n) is 6.95. The van der Waals surface area contributed by atoms with Crippen molar-refractivity contribution in [2.45, 2.75) is 50.0 Å². The lowest BCUT2D eigenvalue weighted by molar-refractivity contribution is -0.121. The second-order valence-corrected chi connectivity index (χ2v) is 9.22. The van der Waals surface area contributed by atoms with Gasteiger partial charge in [-0.2, -0.15) is 0 Å². The van der Waals surface area contributed by atoms with E-state index >= 15 is 0 Å². The molecule has 0 spiro atoms. The third kappa shape index (κ3) is 5.47. The Morgan fingerprint density at radius 2 is 1.62 bits per heavy atom. The van der Waals surface area contributed by atoms with Crippen molar-refractivity contribution in [3.8, 4) is 11.5 Å². The van der Waals surface area contributed by atoms with Crippen LogP contribution in [0.4, 0.5) is 4.39 Å². The Morgan fingerprint density at radius 1 is 1.00 bits per heavy atom. The van der Waals surface area contributed by atoms with Gasteiger partial charge in [-0.3, -0.25) is 4.79 Å². The molecule has 1 N–H and O–H groups in total. The molecule has 0 aromatic heterocycles. The number of hydrogen-bond donors (Lipinski definition) is 1. The highest BCUT2D eigenvalue weighted by Crippen LogP contribution is 2.31. The molecule has 0 fully saturated rings. The third-order valence-electron chi connectivity index (χ3n) is 4.39. The van der Waals surface area contributed by atoms with Crippen molar-refractivity contribution in [1.82, 2.24) is 5.32 Å². The molecular weight excluding hydrogens is 397 g/mol. The Bertz CT molecular complexity index is 958. The zero-order chi connectivity index (χ0) is 21.8. The van der Waals surface area contributed by atoms with E-state index in [4.69, 9.17) is 9.47 Å². The van der Waals surface area contributed by atoms with E-state index in [-0.39, 0.29) is 11.0 Å². The minimum Gasteiger partial charge on any atom is -0.493 e. The monoisotopic (exact) mass is 423 g/mol. The van der Waals surface area contributed by atoms with Gasteiger partial charge in [0.05, 0.1) is 24.2 Å². The molecule has 0 saturated heterocycles. The number of nitrogens with one attached hydrogen (secondary N) is 1. The Balaban J connectivity index is 2.16. The first-order valence-corrected chi connectivity index (χ1v) is 10.7. The number of carbonyl (C=O) groups excluding carboxylic acids is 1. The van der Waals surface area contributed by atoms with Gasteiger partial charge in [0.2, 0.25) is 5.91 Å². The van der Waals surface area contributed by atoms with Crippen LogP contribution in [-0.4, -0.2) is 32.8 Å². The van der Waals surface area contributed by atoms with Crippen LogP contribution in [0, 0.1) is 5.82 Å². The summed E-state index contributed by atoms with van der Waals surface area (Å²) in [5, 5.41) is 1.37. The minimum atomic E-state index is -3.94. The fraction of sp³-hybridized carbons (Fsp3) is 0.381. The van der Waals surface area contributed by atoms with Gasteiger partial charge in [-0.1, -0.05) is 6.07 Å². The van der Waals surface area contributed by atoms with Gasteiger partial charge in [0.15, 0.2) is 21.3 Å². The molecule has 2 rings (SSSR count). The number of sulfone groups is 1. The van der Waals surface area contributed by atoms with Gasteiger partial charge in [0.25, 0.3) is 0 Å². The standard InChI is InChI=1S/C21H26FNO5S/c1-13(2)28-19-11-6-16(12-20(19)27-5)14(3)23-21(24)15(4)29(25,26)18-9-7-17(22)8-10-18/h6-15H,1-5H3,(H,23,24). The van der Waals surface area contributed by atoms with Gasteiger partial charge in [-0.25, -0.2) is 12.8 Å². The molecule has 0 bridgehead atoms. The van der Waals surface area contributed by atoms with Gasteiger partial charge < -0.3 is 14.8 Å². The topological polar surface area (TPSA) is 81.7 Å². The van der Waals surface area contributed by atoms with Crippen molar-refractivity contribution in [1.29, 1.82) is 0 Å². The van der Waals surface area contributed by atoms with E-state index in [1.807, 2.05) is 13.8 Å². The lowest BCUT2D eigenvalue weighted by atomic mass is 10.1. The first kappa shape index (κ1) is 22.7. The van der Waals surface area contributed by atoms with Crippen LogP contribution in [0.2, 0.25) is 0 Å². The van der Waals surface area contributed by atoms with Crippen LogP contribution in [0.25, 0.3) is 0 Å². The third-order valence-corrected chi connectivity index (χ3v) is 6.46. The summed E-state index contributed by atoms with van der Waals surface area (Å²) in [5.74, 6) is -0.0990. The van der Waals surface area contributed by atoms with Crippen LogP contribution in [0.1, 0.15) is 39.3 Å². The van der Waals surface area contributed by atoms with Crippen molar-refractivity contribution in [3.63, 3.8) is 0 Å². The Kier molecular flexibility index (Phi) is 7.24. The zero-order valence-corrected chi connectivity index (χ0v) is 17.9. The summed E-state index contributed by atoms with van der Waals surface area (Å²) in [6.07, 6.45) is -0.0237. The summed E-state index contributed by atoms with van der Waals surface area (Å²) >= 11 is 0. The molecule has 0 aliphatic heterocycles. The van der Waals surface area contributed by atoms with E-state index in [1.54, 1.807) is 25.1 Å². The molecule has 1 amide bonds. The van der Waals surface area contributed by atoms with Crippen molar-refractivity contribution >= 4 is 15.7 Å². The average molecular weight is 424 g/mol. The lowest BCUT2D eigenvalue weighted by Crippen LogP contribution is -2.39. The molecule has 29 heavy (non-hydrogen) atoms. The number of amides is 1. The number of rotatable bonds is 8. The zero-order valence-electron chi connectivity index (χ0n) is 17.1. The van der Waals surface area contributed by atoms with Crippen LogP contribution in [0.3, 0.4) is 0 Å². The highest BCUT2D eigenvalue weighted by Gasteiger charge is 2.30. The molecule has 0 aliphatic rings. The first-order chi connectivity index (χ1) is 13.6. The van der Waals surface area contributed by atoms with Gasteiger partial charge >= 0.3 is 0 Å². The molecule has 0 heterocycles. The predicted octanol–water partition coefficient (Wildman–Crippen LogP) is 3.66. The highest BCUT2D eigenvalue weighted by molar-refractivity contribution is 7.92. The highest BCUT2D eigenvalue weighted by atomic mass is 32.2. The van der Waals surface area contributed by atoms with E-state index in [0.717, 1.165) is 29.8 Å². The summed E-state index contributed by atoms with van der Waals surface area (Å²) in [4.78, 5) is 12.5. The normalized spacial score (nSPS) is 13.6. The second kappa shape index (κ2) is 9.26. The minimum absolute atomic E-state index is 0.0237. The van der Waals surface area contributed by atoms with E-state index in [1.165, 1.54) is 14.0 Å². The van der Waals surface area contributed by atoms with Crippen LogP contribution in [0.15, 0.2) is 47.4 Å². The van der Waals surface area contributed by atoms with Crippen LogP contribution in [-0.2, 0) is 14.6 Å². The molecule has 0 saturated carbocycles. The number of hydrogen-bond acceptors (Lipinski definition) is 5. The molecule has 8 heteroatoms. The van der Waals surface area contributed by atoms with Gasteiger partial charge in [0, 0.05) is 0 Å². The fourth-order valence-corrected chi connectivity index (χ4v) is 3.96. The number of ether oxygens (including phenoxy) is 2. The first-order valence-electron chi connectivity index (χ1n) is 9.20. The van der Waals surface area contributed by atoms with Crippen LogP contribution < -0.4 is 14.8 Å². The molecule has 0 radical (unpaired) electrons. The molecule has 2 unspecified atom stereocenters. The molecule has 6 nitrogen and oxygen atoms in total.